The number of hydrogen-bond donors (Lipinski definition) is 2. The Balaban J connectivity index is 1.64. The molecule has 1 atom stereocenters. The van der Waals surface area contributed by atoms with Gasteiger partial charge in [-0.15, -0.1) is 0 Å². The summed E-state index contributed by atoms with van der Waals surface area (Å²) in [7, 11) is -3.97. The number of rotatable bonds is 9. The number of aryl methyl sites for hydroxylation is 1. The Morgan fingerprint density at radius 2 is 1.48 bits per heavy atom. The summed E-state index contributed by atoms with van der Waals surface area (Å²) in [5.41, 5.74) is 2.80. The minimum Gasteiger partial charge on any atom is -0.481 e. The first-order valence-corrected chi connectivity index (χ1v) is 12.1. The Morgan fingerprint density at radius 1 is 0.939 bits per heavy atom. The Bertz CT molecular complexity index is 1340. The van der Waals surface area contributed by atoms with Crippen LogP contribution in [0.25, 0.3) is 21.8 Å². The average molecular weight is 467 g/mol. The molecular weight excluding hydrogens is 440 g/mol. The zero-order valence-electron chi connectivity index (χ0n) is 18.3. The fourth-order valence-electron chi connectivity index (χ4n) is 4.09. The molecule has 0 amide bonds. The average Bonchev–Trinajstić information content (AvgIpc) is 3.10. The van der Waals surface area contributed by atoms with Gasteiger partial charge in [-0.1, -0.05) is 54.1 Å². The molecule has 8 heteroatoms. The van der Waals surface area contributed by atoms with Gasteiger partial charge in [0.15, 0.2) is 0 Å². The maximum Gasteiger partial charge on any atom is 0.304 e. The third-order valence-electron chi connectivity index (χ3n) is 5.72. The number of aliphatic hydroxyl groups is 1. The summed E-state index contributed by atoms with van der Waals surface area (Å²) >= 11 is 0. The molecule has 0 unspecified atom stereocenters. The van der Waals surface area contributed by atoms with E-state index in [1.807, 2.05) is 60.0 Å². The summed E-state index contributed by atoms with van der Waals surface area (Å²) in [6.45, 7) is 1.58. The molecule has 172 valence electrons. The van der Waals surface area contributed by atoms with E-state index in [2.05, 4.69) is 0 Å². The minimum absolute atomic E-state index is 0.0718. The normalized spacial score (nSPS) is 13.1. The van der Waals surface area contributed by atoms with E-state index >= 15 is 0 Å². The van der Waals surface area contributed by atoms with Gasteiger partial charge in [-0.05, 0) is 31.2 Å². The second-order valence-electron chi connectivity index (χ2n) is 8.12. The lowest BCUT2D eigenvalue weighted by Gasteiger charge is -2.25. The highest BCUT2D eigenvalue weighted by molar-refractivity contribution is 7.89. The van der Waals surface area contributed by atoms with Gasteiger partial charge in [-0.25, -0.2) is 8.42 Å². The third-order valence-corrected chi connectivity index (χ3v) is 7.60. The molecule has 7 nitrogen and oxygen atoms in total. The van der Waals surface area contributed by atoms with Crippen LogP contribution >= 0.6 is 0 Å². The number of nitrogens with zero attached hydrogens (tertiary/aromatic N) is 2. The molecule has 1 aromatic heterocycles. The first-order valence-electron chi connectivity index (χ1n) is 10.7. The number of para-hydroxylation sites is 2. The molecule has 0 saturated heterocycles. The molecule has 2 N–H and O–H groups in total. The van der Waals surface area contributed by atoms with E-state index < -0.39 is 22.1 Å². The van der Waals surface area contributed by atoms with Gasteiger partial charge in [-0.3, -0.25) is 4.79 Å². The lowest BCUT2D eigenvalue weighted by atomic mass is 10.2. The number of carboxylic acid groups (broad SMARTS) is 1. The van der Waals surface area contributed by atoms with Crippen molar-refractivity contribution in [3.63, 3.8) is 0 Å². The first kappa shape index (κ1) is 23.0. The standard InChI is InChI=1S/C25H26N2O5S/c1-18-10-12-20(13-11-18)33(31,32)26(15-14-25(29)30)16-19(28)17-27-23-8-4-2-6-21(23)22-7-3-5-9-24(22)27/h2-13,19,28H,14-17H2,1H3,(H,29,30)/t19-/m1/s1. The van der Waals surface area contributed by atoms with Gasteiger partial charge >= 0.3 is 5.97 Å². The fourth-order valence-corrected chi connectivity index (χ4v) is 5.57. The Hall–Kier alpha value is -3.20. The van der Waals surface area contributed by atoms with Crippen molar-refractivity contribution in [3.8, 4) is 0 Å². The zero-order chi connectivity index (χ0) is 23.6. The smallest absolute Gasteiger partial charge is 0.304 e. The van der Waals surface area contributed by atoms with Crippen molar-refractivity contribution in [2.24, 2.45) is 0 Å². The zero-order valence-corrected chi connectivity index (χ0v) is 19.1. The highest BCUT2D eigenvalue weighted by Crippen LogP contribution is 2.29. The largest absolute Gasteiger partial charge is 0.481 e. The number of aliphatic hydroxyl groups excluding tert-OH is 1. The van der Waals surface area contributed by atoms with E-state index in [4.69, 9.17) is 5.11 Å². The molecule has 0 aliphatic rings. The maximum atomic E-state index is 13.2. The number of carboxylic acids is 1. The molecule has 3 aromatic carbocycles. The predicted octanol–water partition coefficient (Wildman–Crippen LogP) is 3.63. The van der Waals surface area contributed by atoms with Crippen LogP contribution < -0.4 is 0 Å². The highest BCUT2D eigenvalue weighted by atomic mass is 32.2. The lowest BCUT2D eigenvalue weighted by molar-refractivity contribution is -0.137. The number of hydrogen-bond acceptors (Lipinski definition) is 4. The van der Waals surface area contributed by atoms with Crippen molar-refractivity contribution < 1.29 is 23.4 Å². The van der Waals surface area contributed by atoms with Crippen LogP contribution in [0.2, 0.25) is 0 Å². The number of fused-ring (bicyclic) bond motifs is 3. The van der Waals surface area contributed by atoms with Crippen molar-refractivity contribution >= 4 is 37.8 Å². The third kappa shape index (κ3) is 4.78. The summed E-state index contributed by atoms with van der Waals surface area (Å²) in [4.78, 5) is 11.2. The van der Waals surface area contributed by atoms with E-state index in [-0.39, 0.29) is 31.0 Å². The second-order valence-corrected chi connectivity index (χ2v) is 10.1. The summed E-state index contributed by atoms with van der Waals surface area (Å²) in [6, 6.07) is 22.1. The Labute approximate surface area is 192 Å². The molecule has 1 heterocycles. The molecule has 33 heavy (non-hydrogen) atoms. The van der Waals surface area contributed by atoms with Gasteiger partial charge < -0.3 is 14.8 Å². The number of aliphatic carboxylic acids is 1. The van der Waals surface area contributed by atoms with Gasteiger partial charge in [0.2, 0.25) is 10.0 Å². The van der Waals surface area contributed by atoms with E-state index in [1.54, 1.807) is 12.1 Å². The van der Waals surface area contributed by atoms with Crippen molar-refractivity contribution in [3.05, 3.63) is 78.4 Å². The van der Waals surface area contributed by atoms with Crippen molar-refractivity contribution in [2.75, 3.05) is 13.1 Å². The van der Waals surface area contributed by atoms with Gasteiger partial charge in [-0.2, -0.15) is 4.31 Å². The molecule has 4 rings (SSSR count). The molecule has 0 aliphatic heterocycles. The van der Waals surface area contributed by atoms with E-state index in [0.29, 0.717) is 0 Å². The van der Waals surface area contributed by atoms with E-state index in [0.717, 1.165) is 31.7 Å². The van der Waals surface area contributed by atoms with Crippen molar-refractivity contribution in [1.29, 1.82) is 0 Å². The van der Waals surface area contributed by atoms with Crippen LogP contribution in [-0.2, 0) is 21.4 Å². The van der Waals surface area contributed by atoms with Crippen LogP contribution in [0.15, 0.2) is 77.7 Å². The number of benzene rings is 3. The first-order chi connectivity index (χ1) is 15.8. The maximum absolute atomic E-state index is 13.2. The molecule has 0 radical (unpaired) electrons. The molecule has 0 bridgehead atoms. The second kappa shape index (κ2) is 9.35. The quantitative estimate of drug-likeness (QED) is 0.392. The van der Waals surface area contributed by atoms with Gasteiger partial charge in [0.1, 0.15) is 0 Å². The summed E-state index contributed by atoms with van der Waals surface area (Å²) in [5.74, 6) is -1.10. The van der Waals surface area contributed by atoms with Crippen molar-refractivity contribution in [1.82, 2.24) is 8.87 Å². The summed E-state index contributed by atoms with van der Waals surface area (Å²) < 4.78 is 29.5. The summed E-state index contributed by atoms with van der Waals surface area (Å²) in [5, 5.41) is 22.2. The topological polar surface area (TPSA) is 99.8 Å². The lowest BCUT2D eigenvalue weighted by Crippen LogP contribution is -2.40. The van der Waals surface area contributed by atoms with Crippen LogP contribution in [0, 0.1) is 6.92 Å². The predicted molar refractivity (Wildman–Crippen MR) is 128 cm³/mol. The Morgan fingerprint density at radius 3 is 2.03 bits per heavy atom. The van der Waals surface area contributed by atoms with Crippen molar-refractivity contribution in [2.45, 2.75) is 30.9 Å². The molecule has 0 fully saturated rings. The monoisotopic (exact) mass is 466 g/mol. The molecule has 0 aliphatic carbocycles. The van der Waals surface area contributed by atoms with E-state index in [9.17, 15) is 18.3 Å². The molecule has 0 spiro atoms. The SMILES string of the molecule is Cc1ccc(S(=O)(=O)N(CCC(=O)O)C[C@@H](O)Cn2c3ccccc3c3ccccc32)cc1. The number of sulfonamides is 1. The van der Waals surface area contributed by atoms with Crippen LogP contribution in [-0.4, -0.2) is 52.7 Å². The van der Waals surface area contributed by atoms with Gasteiger partial charge in [0, 0.05) is 34.9 Å². The number of carbonyl (C=O) groups is 1. The van der Waals surface area contributed by atoms with Crippen LogP contribution in [0.4, 0.5) is 0 Å². The molecular formula is C25H26N2O5S. The molecule has 0 saturated carbocycles. The van der Waals surface area contributed by atoms with Gasteiger partial charge in [0.25, 0.3) is 0 Å². The molecule has 4 aromatic rings. The highest BCUT2D eigenvalue weighted by Gasteiger charge is 2.27. The fraction of sp³-hybridized carbons (Fsp3) is 0.240. The van der Waals surface area contributed by atoms with Gasteiger partial charge in [0.05, 0.1) is 24.0 Å². The minimum atomic E-state index is -3.97. The van der Waals surface area contributed by atoms with E-state index in [1.165, 1.54) is 12.1 Å². The van der Waals surface area contributed by atoms with Crippen LogP contribution in [0.3, 0.4) is 0 Å². The number of aromatic nitrogens is 1. The van der Waals surface area contributed by atoms with Crippen LogP contribution in [0.1, 0.15) is 12.0 Å². The Kier molecular flexibility index (Phi) is 6.51. The summed E-state index contributed by atoms with van der Waals surface area (Å²) in [6.07, 6.45) is -1.40. The van der Waals surface area contributed by atoms with Crippen LogP contribution in [0.5, 0.6) is 0 Å².